The molecule has 0 unspecified atom stereocenters. The number of aryl methyl sites for hydroxylation is 2. The van der Waals surface area contributed by atoms with Gasteiger partial charge in [0.25, 0.3) is 5.91 Å². The number of nitrogens with zero attached hydrogens (tertiary/aromatic N) is 3. The zero-order valence-corrected chi connectivity index (χ0v) is 19.0. The van der Waals surface area contributed by atoms with Crippen molar-refractivity contribution in [2.24, 2.45) is 5.92 Å². The molecule has 6 nitrogen and oxygen atoms in total. The van der Waals surface area contributed by atoms with E-state index < -0.39 is 0 Å². The van der Waals surface area contributed by atoms with Crippen molar-refractivity contribution in [1.29, 1.82) is 0 Å². The van der Waals surface area contributed by atoms with Crippen LogP contribution in [0.4, 0.5) is 0 Å². The standard InChI is InChI=1S/C26H32N4O2/c1-19-27-23-13-12-22(17-24(23)28-19)26(32)30-15-7-11-21(18-30)16-25(31)29(2)14-6-10-20-8-4-3-5-9-20/h3-5,8-9,12-13,17,21H,6-7,10-11,14-16,18H2,1-2H3,(H,27,28)/t21-/m1/s1. The van der Waals surface area contributed by atoms with Crippen molar-refractivity contribution in [3.05, 3.63) is 65.5 Å². The molecule has 4 rings (SSSR count). The predicted molar refractivity (Wildman–Crippen MR) is 126 cm³/mol. The third-order valence-electron chi connectivity index (χ3n) is 6.34. The van der Waals surface area contributed by atoms with Crippen LogP contribution in [0.15, 0.2) is 48.5 Å². The summed E-state index contributed by atoms with van der Waals surface area (Å²) in [6.45, 7) is 4.05. The first-order chi connectivity index (χ1) is 15.5. The molecule has 1 atom stereocenters. The number of hydrogen-bond acceptors (Lipinski definition) is 3. The molecule has 0 spiro atoms. The zero-order chi connectivity index (χ0) is 22.5. The number of carbonyl (C=O) groups excluding carboxylic acids is 2. The minimum Gasteiger partial charge on any atom is -0.346 e. The Hall–Kier alpha value is -3.15. The van der Waals surface area contributed by atoms with Crippen LogP contribution in [-0.2, 0) is 11.2 Å². The van der Waals surface area contributed by atoms with Crippen LogP contribution < -0.4 is 0 Å². The summed E-state index contributed by atoms with van der Waals surface area (Å²) in [4.78, 5) is 37.2. The Morgan fingerprint density at radius 3 is 2.81 bits per heavy atom. The summed E-state index contributed by atoms with van der Waals surface area (Å²) >= 11 is 0. The molecule has 1 aliphatic heterocycles. The molecule has 1 fully saturated rings. The predicted octanol–water partition coefficient (Wildman–Crippen LogP) is 4.20. The molecule has 2 heterocycles. The molecule has 2 aromatic carbocycles. The molecule has 1 saturated heterocycles. The van der Waals surface area contributed by atoms with Crippen LogP contribution in [0.3, 0.4) is 0 Å². The summed E-state index contributed by atoms with van der Waals surface area (Å²) in [7, 11) is 1.89. The number of amides is 2. The molecule has 1 N–H and O–H groups in total. The molecule has 32 heavy (non-hydrogen) atoms. The Bertz CT molecular complexity index is 1080. The number of piperidine rings is 1. The summed E-state index contributed by atoms with van der Waals surface area (Å²) in [5.41, 5.74) is 3.73. The van der Waals surface area contributed by atoms with E-state index in [9.17, 15) is 9.59 Å². The number of fused-ring (bicyclic) bond motifs is 1. The Morgan fingerprint density at radius 2 is 2.00 bits per heavy atom. The van der Waals surface area contributed by atoms with E-state index >= 15 is 0 Å². The second-order valence-corrected chi connectivity index (χ2v) is 8.92. The van der Waals surface area contributed by atoms with E-state index in [2.05, 4.69) is 34.2 Å². The number of hydrogen-bond donors (Lipinski definition) is 1. The van der Waals surface area contributed by atoms with Gasteiger partial charge in [-0.25, -0.2) is 4.98 Å². The summed E-state index contributed by atoms with van der Waals surface area (Å²) in [5, 5.41) is 0. The maximum absolute atomic E-state index is 13.1. The van der Waals surface area contributed by atoms with Crippen LogP contribution >= 0.6 is 0 Å². The summed E-state index contributed by atoms with van der Waals surface area (Å²) in [6, 6.07) is 16.0. The second-order valence-electron chi connectivity index (χ2n) is 8.92. The molecule has 0 bridgehead atoms. The normalized spacial score (nSPS) is 16.3. The van der Waals surface area contributed by atoms with Gasteiger partial charge in [0.15, 0.2) is 0 Å². The highest BCUT2D eigenvalue weighted by Crippen LogP contribution is 2.23. The first kappa shape index (κ1) is 22.1. The lowest BCUT2D eigenvalue weighted by atomic mass is 9.93. The van der Waals surface area contributed by atoms with Crippen LogP contribution in [0.2, 0.25) is 0 Å². The van der Waals surface area contributed by atoms with E-state index in [-0.39, 0.29) is 17.7 Å². The number of nitrogens with one attached hydrogen (secondary N) is 1. The molecule has 6 heteroatoms. The van der Waals surface area contributed by atoms with Gasteiger partial charge in [0.05, 0.1) is 11.0 Å². The number of likely N-dealkylation sites (tertiary alicyclic amines) is 1. The van der Waals surface area contributed by atoms with E-state index in [0.29, 0.717) is 18.5 Å². The van der Waals surface area contributed by atoms with Gasteiger partial charge in [-0.15, -0.1) is 0 Å². The minimum atomic E-state index is 0.0347. The van der Waals surface area contributed by atoms with E-state index in [1.807, 2.05) is 48.0 Å². The van der Waals surface area contributed by atoms with Crippen molar-refractivity contribution in [2.45, 2.75) is 39.0 Å². The second kappa shape index (κ2) is 9.98. The quantitative estimate of drug-likeness (QED) is 0.608. The zero-order valence-electron chi connectivity index (χ0n) is 19.0. The maximum Gasteiger partial charge on any atom is 0.253 e. The molecule has 0 radical (unpaired) electrons. The molecule has 0 saturated carbocycles. The Morgan fingerprint density at radius 1 is 1.19 bits per heavy atom. The van der Waals surface area contributed by atoms with Crippen molar-refractivity contribution < 1.29 is 9.59 Å². The molecule has 1 aliphatic rings. The summed E-state index contributed by atoms with van der Waals surface area (Å²) in [5.74, 6) is 1.27. The highest BCUT2D eigenvalue weighted by atomic mass is 16.2. The Labute approximate surface area is 189 Å². The van der Waals surface area contributed by atoms with Gasteiger partial charge in [-0.1, -0.05) is 30.3 Å². The fraction of sp³-hybridized carbons (Fsp3) is 0.423. The monoisotopic (exact) mass is 432 g/mol. The molecular formula is C26H32N4O2. The number of carbonyl (C=O) groups is 2. The van der Waals surface area contributed by atoms with Gasteiger partial charge in [-0.2, -0.15) is 0 Å². The van der Waals surface area contributed by atoms with E-state index in [1.54, 1.807) is 0 Å². The highest BCUT2D eigenvalue weighted by Gasteiger charge is 2.27. The van der Waals surface area contributed by atoms with Crippen molar-refractivity contribution in [3.63, 3.8) is 0 Å². The fourth-order valence-electron chi connectivity index (χ4n) is 4.56. The van der Waals surface area contributed by atoms with Gasteiger partial charge in [0.1, 0.15) is 5.82 Å². The average molecular weight is 433 g/mol. The molecular weight excluding hydrogens is 400 g/mol. The first-order valence-electron chi connectivity index (χ1n) is 11.5. The van der Waals surface area contributed by atoms with Gasteiger partial charge in [0, 0.05) is 38.7 Å². The number of H-pyrrole nitrogens is 1. The first-order valence-corrected chi connectivity index (χ1v) is 11.5. The number of imidazole rings is 1. The molecule has 0 aliphatic carbocycles. The lowest BCUT2D eigenvalue weighted by Crippen LogP contribution is -2.41. The lowest BCUT2D eigenvalue weighted by molar-refractivity contribution is -0.131. The number of benzene rings is 2. The van der Waals surface area contributed by atoms with Crippen LogP contribution in [0.25, 0.3) is 11.0 Å². The Balaban J connectivity index is 1.28. The molecule has 3 aromatic rings. The maximum atomic E-state index is 13.1. The van der Waals surface area contributed by atoms with E-state index in [4.69, 9.17) is 0 Å². The largest absolute Gasteiger partial charge is 0.346 e. The summed E-state index contributed by atoms with van der Waals surface area (Å²) in [6.07, 6.45) is 4.37. The van der Waals surface area contributed by atoms with Crippen LogP contribution in [0, 0.1) is 12.8 Å². The smallest absolute Gasteiger partial charge is 0.253 e. The van der Waals surface area contributed by atoms with Gasteiger partial charge in [-0.05, 0) is 62.3 Å². The minimum absolute atomic E-state index is 0.0347. The highest BCUT2D eigenvalue weighted by molar-refractivity contribution is 5.97. The molecule has 2 amide bonds. The number of aromatic amines is 1. The number of aromatic nitrogens is 2. The van der Waals surface area contributed by atoms with Gasteiger partial charge in [0.2, 0.25) is 5.91 Å². The van der Waals surface area contributed by atoms with Crippen molar-refractivity contribution in [2.75, 3.05) is 26.7 Å². The van der Waals surface area contributed by atoms with Gasteiger partial charge < -0.3 is 14.8 Å². The lowest BCUT2D eigenvalue weighted by Gasteiger charge is -2.33. The van der Waals surface area contributed by atoms with E-state index in [0.717, 1.165) is 55.6 Å². The van der Waals surface area contributed by atoms with Crippen molar-refractivity contribution in [3.8, 4) is 0 Å². The SMILES string of the molecule is Cc1nc2ccc(C(=O)N3CCC[C@H](CC(=O)N(C)CCCc4ccccc4)C3)cc2[nH]1. The average Bonchev–Trinajstić information content (AvgIpc) is 3.18. The topological polar surface area (TPSA) is 69.3 Å². The summed E-state index contributed by atoms with van der Waals surface area (Å²) < 4.78 is 0. The number of rotatable bonds is 7. The van der Waals surface area contributed by atoms with Gasteiger partial charge in [-0.3, -0.25) is 9.59 Å². The Kier molecular flexibility index (Phi) is 6.88. The van der Waals surface area contributed by atoms with Crippen molar-refractivity contribution >= 4 is 22.8 Å². The third-order valence-corrected chi connectivity index (χ3v) is 6.34. The third kappa shape index (κ3) is 5.36. The fourth-order valence-corrected chi connectivity index (χ4v) is 4.56. The van der Waals surface area contributed by atoms with Crippen LogP contribution in [0.5, 0.6) is 0 Å². The van der Waals surface area contributed by atoms with Gasteiger partial charge >= 0.3 is 0 Å². The van der Waals surface area contributed by atoms with E-state index in [1.165, 1.54) is 5.56 Å². The molecule has 1 aromatic heterocycles. The van der Waals surface area contributed by atoms with Crippen molar-refractivity contribution in [1.82, 2.24) is 19.8 Å². The molecule has 168 valence electrons. The van der Waals surface area contributed by atoms with Crippen LogP contribution in [-0.4, -0.2) is 58.3 Å². The van der Waals surface area contributed by atoms with Crippen LogP contribution in [0.1, 0.15) is 47.4 Å².